The number of fused-ring (bicyclic) bond motifs is 2. The van der Waals surface area contributed by atoms with Crippen molar-refractivity contribution in [3.05, 3.63) is 81.4 Å². The maximum Gasteiger partial charge on any atom is 0.354 e. The summed E-state index contributed by atoms with van der Waals surface area (Å²) in [5.41, 5.74) is 10.0. The SMILES string of the molecule is COC(=O)c1cc2ccc(NC(=O)[C@@H]3CCc4cc(-c5cc(Cl)ccc5N)cc(=O)n43)cc2[nH]1. The highest BCUT2D eigenvalue weighted by atomic mass is 35.5. The van der Waals surface area contributed by atoms with Crippen LogP contribution in [-0.2, 0) is 16.0 Å². The average Bonchev–Trinajstić information content (AvgIpc) is 3.44. The number of pyridine rings is 1. The van der Waals surface area contributed by atoms with Gasteiger partial charge in [-0.15, -0.1) is 0 Å². The molecule has 1 aliphatic heterocycles. The van der Waals surface area contributed by atoms with Gasteiger partial charge < -0.3 is 25.3 Å². The Labute approximate surface area is 199 Å². The molecule has 5 rings (SSSR count). The number of esters is 1. The smallest absolute Gasteiger partial charge is 0.354 e. The Kier molecular flexibility index (Phi) is 5.37. The summed E-state index contributed by atoms with van der Waals surface area (Å²) in [5, 5.41) is 4.23. The highest BCUT2D eigenvalue weighted by Crippen LogP contribution is 2.32. The highest BCUT2D eigenvalue weighted by molar-refractivity contribution is 6.31. The van der Waals surface area contributed by atoms with Crippen molar-refractivity contribution in [3.63, 3.8) is 0 Å². The van der Waals surface area contributed by atoms with E-state index >= 15 is 0 Å². The first-order valence-corrected chi connectivity index (χ1v) is 11.0. The van der Waals surface area contributed by atoms with E-state index in [9.17, 15) is 14.4 Å². The van der Waals surface area contributed by atoms with Crippen LogP contribution in [0.4, 0.5) is 11.4 Å². The number of rotatable bonds is 4. The minimum Gasteiger partial charge on any atom is -0.464 e. The quantitative estimate of drug-likeness (QED) is 0.302. The molecule has 34 heavy (non-hydrogen) atoms. The first kappa shape index (κ1) is 21.8. The van der Waals surface area contributed by atoms with Crippen molar-refractivity contribution in [1.29, 1.82) is 0 Å². The van der Waals surface area contributed by atoms with Crippen molar-refractivity contribution >= 4 is 45.8 Å². The van der Waals surface area contributed by atoms with Crippen LogP contribution in [-0.4, -0.2) is 28.5 Å². The standard InChI is InChI=1S/C25H21ClN4O4/c1-34-25(33)21-9-13-2-4-16(12-20(13)29-21)28-24(32)22-7-5-17-8-14(10-23(31)30(17)22)18-11-15(26)3-6-19(18)27/h2-4,6,8-12,22,29H,5,7,27H2,1H3,(H,28,32)/t22-/m0/s1. The summed E-state index contributed by atoms with van der Waals surface area (Å²) in [6, 6.07) is 14.8. The summed E-state index contributed by atoms with van der Waals surface area (Å²) >= 11 is 6.11. The maximum absolute atomic E-state index is 13.1. The number of anilines is 2. The molecule has 0 aliphatic carbocycles. The molecule has 0 saturated heterocycles. The minimum absolute atomic E-state index is 0.271. The molecular weight excluding hydrogens is 456 g/mol. The van der Waals surface area contributed by atoms with Crippen molar-refractivity contribution in [2.45, 2.75) is 18.9 Å². The largest absolute Gasteiger partial charge is 0.464 e. The molecule has 8 nitrogen and oxygen atoms in total. The second kappa shape index (κ2) is 8.39. The molecule has 2 aromatic carbocycles. The Morgan fingerprint density at radius 1 is 1.15 bits per heavy atom. The van der Waals surface area contributed by atoms with Gasteiger partial charge in [0.05, 0.1) is 7.11 Å². The average molecular weight is 477 g/mol. The van der Waals surface area contributed by atoms with Gasteiger partial charge >= 0.3 is 5.97 Å². The molecule has 9 heteroatoms. The summed E-state index contributed by atoms with van der Waals surface area (Å²) in [6.07, 6.45) is 1.09. The monoisotopic (exact) mass is 476 g/mol. The van der Waals surface area contributed by atoms with Crippen LogP contribution >= 0.6 is 11.6 Å². The number of carbonyl (C=O) groups is 2. The number of aromatic nitrogens is 2. The number of methoxy groups -OCH3 is 1. The number of aromatic amines is 1. The van der Waals surface area contributed by atoms with Crippen LogP contribution in [0.3, 0.4) is 0 Å². The number of halogens is 1. The van der Waals surface area contributed by atoms with E-state index in [0.717, 1.165) is 11.1 Å². The van der Waals surface area contributed by atoms with Gasteiger partial charge in [0.1, 0.15) is 11.7 Å². The molecule has 4 N–H and O–H groups in total. The van der Waals surface area contributed by atoms with Crippen molar-refractivity contribution in [2.75, 3.05) is 18.2 Å². The number of hydrogen-bond donors (Lipinski definition) is 3. The fourth-order valence-corrected chi connectivity index (χ4v) is 4.60. The summed E-state index contributed by atoms with van der Waals surface area (Å²) in [4.78, 5) is 40.8. The molecule has 0 bridgehead atoms. The van der Waals surface area contributed by atoms with Gasteiger partial charge in [-0.3, -0.25) is 9.59 Å². The predicted molar refractivity (Wildman–Crippen MR) is 131 cm³/mol. The van der Waals surface area contributed by atoms with Gasteiger partial charge in [0, 0.05) is 44.6 Å². The third kappa shape index (κ3) is 3.82. The van der Waals surface area contributed by atoms with Crippen LogP contribution in [0.1, 0.15) is 28.6 Å². The first-order chi connectivity index (χ1) is 16.3. The Bertz CT molecular complexity index is 1520. The van der Waals surface area contributed by atoms with Crippen molar-refractivity contribution in [2.24, 2.45) is 0 Å². The fraction of sp³-hybridized carbons (Fsp3) is 0.160. The van der Waals surface area contributed by atoms with Gasteiger partial charge in [-0.05, 0) is 60.9 Å². The molecule has 1 aliphatic rings. The number of nitrogens with one attached hydrogen (secondary N) is 2. The fourth-order valence-electron chi connectivity index (χ4n) is 4.43. The normalized spacial score (nSPS) is 14.7. The lowest BCUT2D eigenvalue weighted by Crippen LogP contribution is -2.31. The zero-order chi connectivity index (χ0) is 24.0. The van der Waals surface area contributed by atoms with E-state index in [1.807, 2.05) is 6.07 Å². The number of amides is 1. The third-order valence-corrected chi connectivity index (χ3v) is 6.29. The lowest BCUT2D eigenvalue weighted by Gasteiger charge is -2.16. The number of nitrogens with zero attached hydrogens (tertiary/aromatic N) is 1. The summed E-state index contributed by atoms with van der Waals surface area (Å²) in [7, 11) is 1.31. The molecule has 0 spiro atoms. The van der Waals surface area contributed by atoms with E-state index in [2.05, 4.69) is 10.3 Å². The van der Waals surface area contributed by atoms with Gasteiger partial charge in [0.15, 0.2) is 0 Å². The minimum atomic E-state index is -0.627. The summed E-state index contributed by atoms with van der Waals surface area (Å²) in [6.45, 7) is 0. The molecule has 2 aromatic heterocycles. The molecular formula is C25H21ClN4O4. The van der Waals surface area contributed by atoms with E-state index in [1.54, 1.807) is 42.5 Å². The Balaban J connectivity index is 1.41. The Hall–Kier alpha value is -4.04. The first-order valence-electron chi connectivity index (χ1n) is 10.7. The van der Waals surface area contributed by atoms with E-state index in [1.165, 1.54) is 17.7 Å². The number of H-pyrrole nitrogens is 1. The molecule has 1 atom stereocenters. The molecule has 0 unspecified atom stereocenters. The van der Waals surface area contributed by atoms with Crippen LogP contribution < -0.4 is 16.6 Å². The molecule has 0 saturated carbocycles. The topological polar surface area (TPSA) is 119 Å². The number of nitrogen functional groups attached to an aromatic ring is 1. The molecule has 0 radical (unpaired) electrons. The molecule has 0 fully saturated rings. The zero-order valence-electron chi connectivity index (χ0n) is 18.2. The number of ether oxygens (including phenoxy) is 1. The molecule has 172 valence electrons. The lowest BCUT2D eigenvalue weighted by atomic mass is 10.0. The van der Waals surface area contributed by atoms with E-state index in [4.69, 9.17) is 22.1 Å². The van der Waals surface area contributed by atoms with Crippen molar-refractivity contribution in [3.8, 4) is 11.1 Å². The Morgan fingerprint density at radius 3 is 2.76 bits per heavy atom. The summed E-state index contributed by atoms with van der Waals surface area (Å²) in [5.74, 6) is -0.752. The van der Waals surface area contributed by atoms with Crippen LogP contribution in [0.2, 0.25) is 5.02 Å². The van der Waals surface area contributed by atoms with E-state index in [0.29, 0.717) is 51.6 Å². The van der Waals surface area contributed by atoms with Crippen molar-refractivity contribution in [1.82, 2.24) is 9.55 Å². The number of carbonyl (C=O) groups excluding carboxylic acids is 2. The second-order valence-electron chi connectivity index (χ2n) is 8.20. The number of nitrogens with two attached hydrogens (primary N) is 1. The molecule has 4 aromatic rings. The predicted octanol–water partition coefficient (Wildman–Crippen LogP) is 4.14. The second-order valence-corrected chi connectivity index (χ2v) is 8.63. The van der Waals surface area contributed by atoms with Gasteiger partial charge in [0.2, 0.25) is 5.91 Å². The van der Waals surface area contributed by atoms with Gasteiger partial charge in [-0.1, -0.05) is 17.7 Å². The molecule has 1 amide bonds. The van der Waals surface area contributed by atoms with Crippen LogP contribution in [0.5, 0.6) is 0 Å². The van der Waals surface area contributed by atoms with Crippen LogP contribution in [0.25, 0.3) is 22.0 Å². The zero-order valence-corrected chi connectivity index (χ0v) is 19.0. The highest BCUT2D eigenvalue weighted by Gasteiger charge is 2.30. The number of benzene rings is 2. The number of aryl methyl sites for hydroxylation is 1. The Morgan fingerprint density at radius 2 is 1.97 bits per heavy atom. The lowest BCUT2D eigenvalue weighted by molar-refractivity contribution is -0.119. The van der Waals surface area contributed by atoms with Crippen LogP contribution in [0.15, 0.2) is 59.4 Å². The maximum atomic E-state index is 13.1. The van der Waals surface area contributed by atoms with Crippen LogP contribution in [0, 0.1) is 0 Å². The van der Waals surface area contributed by atoms with E-state index in [-0.39, 0.29) is 11.5 Å². The van der Waals surface area contributed by atoms with Gasteiger partial charge in [0.25, 0.3) is 5.56 Å². The molecule has 3 heterocycles. The van der Waals surface area contributed by atoms with Crippen molar-refractivity contribution < 1.29 is 14.3 Å². The van der Waals surface area contributed by atoms with Gasteiger partial charge in [-0.25, -0.2) is 4.79 Å². The summed E-state index contributed by atoms with van der Waals surface area (Å²) < 4.78 is 6.27. The van der Waals surface area contributed by atoms with E-state index < -0.39 is 12.0 Å². The third-order valence-electron chi connectivity index (χ3n) is 6.06. The van der Waals surface area contributed by atoms with Gasteiger partial charge in [-0.2, -0.15) is 0 Å². The number of hydrogen-bond acceptors (Lipinski definition) is 5.